The number of hydrogen-bond donors (Lipinski definition) is 2. The van der Waals surface area contributed by atoms with Gasteiger partial charge in [0.2, 0.25) is 0 Å². The van der Waals surface area contributed by atoms with Crippen LogP contribution in [0.15, 0.2) is 18.2 Å². The van der Waals surface area contributed by atoms with Gasteiger partial charge in [-0.05, 0) is 44.0 Å². The molecule has 1 aromatic carbocycles. The van der Waals surface area contributed by atoms with Crippen LogP contribution in [0.5, 0.6) is 0 Å². The molecule has 3 N–H and O–H groups in total. The van der Waals surface area contributed by atoms with E-state index in [4.69, 9.17) is 5.73 Å². The van der Waals surface area contributed by atoms with Crippen molar-refractivity contribution in [3.05, 3.63) is 29.6 Å². The third-order valence-corrected chi connectivity index (χ3v) is 4.44. The molecule has 1 amide bonds. The molecule has 108 valence electrons. The molecule has 1 aromatic rings. The largest absolute Gasteiger partial charge is 0.396 e. The summed E-state index contributed by atoms with van der Waals surface area (Å²) in [5, 5.41) is 3.05. The van der Waals surface area contributed by atoms with E-state index in [2.05, 4.69) is 10.2 Å². The number of rotatable bonds is 2. The minimum absolute atomic E-state index is 0.0703. The second kappa shape index (κ2) is 5.40. The van der Waals surface area contributed by atoms with E-state index >= 15 is 0 Å². The van der Waals surface area contributed by atoms with Crippen LogP contribution in [0.4, 0.5) is 10.1 Å². The van der Waals surface area contributed by atoms with Gasteiger partial charge < -0.3 is 11.1 Å². The molecule has 0 radical (unpaired) electrons. The lowest BCUT2D eigenvalue weighted by molar-refractivity contribution is 0.0915. The fourth-order valence-electron chi connectivity index (χ4n) is 3.34. The highest BCUT2D eigenvalue weighted by atomic mass is 19.1. The van der Waals surface area contributed by atoms with Crippen LogP contribution in [0, 0.1) is 5.82 Å². The number of carbonyl (C=O) groups excluding carboxylic acids is 1. The summed E-state index contributed by atoms with van der Waals surface area (Å²) in [4.78, 5) is 14.7. The molecule has 2 fully saturated rings. The number of amides is 1. The third-order valence-electron chi connectivity index (χ3n) is 4.44. The predicted octanol–water partition coefficient (Wildman–Crippen LogP) is 1.76. The minimum Gasteiger partial charge on any atom is -0.396 e. The molecular formula is C15H20FN3O. The standard InChI is InChI=1S/C15H20FN3O/c16-11-9-10(4-5-12(11)17)15(20)18-13-6-8-19-7-2-1-3-14(13)19/h4-5,9,13-14H,1-3,6-8,17H2,(H,18,20). The zero-order chi connectivity index (χ0) is 14.1. The van der Waals surface area contributed by atoms with Crippen molar-refractivity contribution in [3.8, 4) is 0 Å². The number of benzene rings is 1. The summed E-state index contributed by atoms with van der Waals surface area (Å²) in [6, 6.07) is 4.85. The molecule has 0 spiro atoms. The first-order chi connectivity index (χ1) is 9.65. The van der Waals surface area contributed by atoms with E-state index < -0.39 is 5.82 Å². The number of halogens is 1. The second-order valence-corrected chi connectivity index (χ2v) is 5.70. The molecule has 2 aliphatic rings. The zero-order valence-electron chi connectivity index (χ0n) is 11.4. The smallest absolute Gasteiger partial charge is 0.251 e. The molecular weight excluding hydrogens is 257 g/mol. The van der Waals surface area contributed by atoms with Gasteiger partial charge in [-0.2, -0.15) is 0 Å². The molecule has 2 saturated heterocycles. The lowest BCUT2D eigenvalue weighted by atomic mass is 9.99. The molecule has 0 saturated carbocycles. The topological polar surface area (TPSA) is 58.4 Å². The van der Waals surface area contributed by atoms with Crippen LogP contribution in [0.25, 0.3) is 0 Å². The number of nitrogens with two attached hydrogens (primary N) is 1. The Morgan fingerprint density at radius 2 is 2.15 bits per heavy atom. The summed E-state index contributed by atoms with van der Waals surface area (Å²) < 4.78 is 13.4. The van der Waals surface area contributed by atoms with Crippen LogP contribution in [-0.2, 0) is 0 Å². The highest BCUT2D eigenvalue weighted by Crippen LogP contribution is 2.27. The van der Waals surface area contributed by atoms with Gasteiger partial charge in [-0.15, -0.1) is 0 Å². The summed E-state index contributed by atoms with van der Waals surface area (Å²) in [7, 11) is 0. The van der Waals surface area contributed by atoms with Crippen molar-refractivity contribution in [3.63, 3.8) is 0 Å². The average molecular weight is 277 g/mol. The highest BCUT2D eigenvalue weighted by molar-refractivity contribution is 5.94. The SMILES string of the molecule is Nc1ccc(C(=O)NC2CCN3CCCCC23)cc1F. The number of nitrogens with one attached hydrogen (secondary N) is 1. The van der Waals surface area contributed by atoms with Gasteiger partial charge in [0.1, 0.15) is 5.82 Å². The number of nitrogen functional groups attached to an aromatic ring is 1. The highest BCUT2D eigenvalue weighted by Gasteiger charge is 2.36. The summed E-state index contributed by atoms with van der Waals surface area (Å²) in [5.74, 6) is -0.746. The quantitative estimate of drug-likeness (QED) is 0.810. The Labute approximate surface area is 118 Å². The molecule has 4 nitrogen and oxygen atoms in total. The van der Waals surface area contributed by atoms with Gasteiger partial charge in [-0.25, -0.2) is 4.39 Å². The van der Waals surface area contributed by atoms with Crippen LogP contribution in [0.2, 0.25) is 0 Å². The van der Waals surface area contributed by atoms with Crippen molar-refractivity contribution in [1.29, 1.82) is 0 Å². The number of piperidine rings is 1. The first-order valence-corrected chi connectivity index (χ1v) is 7.25. The van der Waals surface area contributed by atoms with Gasteiger partial charge >= 0.3 is 0 Å². The monoisotopic (exact) mass is 277 g/mol. The third kappa shape index (κ3) is 2.50. The first kappa shape index (κ1) is 13.4. The van der Waals surface area contributed by atoms with Gasteiger partial charge in [0.15, 0.2) is 0 Å². The Kier molecular flexibility index (Phi) is 3.61. The summed E-state index contributed by atoms with van der Waals surface area (Å²) in [5.41, 5.74) is 5.84. The van der Waals surface area contributed by atoms with Crippen LogP contribution >= 0.6 is 0 Å². The van der Waals surface area contributed by atoms with Crippen molar-refractivity contribution in [2.45, 2.75) is 37.8 Å². The van der Waals surface area contributed by atoms with Crippen LogP contribution in [-0.4, -0.2) is 36.0 Å². The van der Waals surface area contributed by atoms with Gasteiger partial charge in [0, 0.05) is 24.2 Å². The van der Waals surface area contributed by atoms with Gasteiger partial charge in [0.05, 0.1) is 5.69 Å². The van der Waals surface area contributed by atoms with Crippen molar-refractivity contribution < 1.29 is 9.18 Å². The zero-order valence-corrected chi connectivity index (χ0v) is 11.4. The normalized spacial score (nSPS) is 26.2. The number of carbonyl (C=O) groups is 1. The van der Waals surface area contributed by atoms with Gasteiger partial charge in [-0.1, -0.05) is 6.42 Å². The number of anilines is 1. The first-order valence-electron chi connectivity index (χ1n) is 7.25. The second-order valence-electron chi connectivity index (χ2n) is 5.70. The van der Waals surface area contributed by atoms with Crippen molar-refractivity contribution in [1.82, 2.24) is 10.2 Å². The maximum Gasteiger partial charge on any atom is 0.251 e. The molecule has 5 heteroatoms. The minimum atomic E-state index is -0.539. The molecule has 2 unspecified atom stereocenters. The van der Waals surface area contributed by atoms with Crippen LogP contribution in [0.3, 0.4) is 0 Å². The predicted molar refractivity (Wildman–Crippen MR) is 75.9 cm³/mol. The van der Waals surface area contributed by atoms with E-state index in [9.17, 15) is 9.18 Å². The Hall–Kier alpha value is -1.62. The molecule has 0 bridgehead atoms. The van der Waals surface area contributed by atoms with E-state index in [0.29, 0.717) is 11.6 Å². The Balaban J connectivity index is 1.68. The van der Waals surface area contributed by atoms with Crippen LogP contribution < -0.4 is 11.1 Å². The maximum atomic E-state index is 13.4. The molecule has 20 heavy (non-hydrogen) atoms. The van der Waals surface area contributed by atoms with Gasteiger partial charge in [-0.3, -0.25) is 9.69 Å². The fourth-order valence-corrected chi connectivity index (χ4v) is 3.34. The molecule has 2 atom stereocenters. The lowest BCUT2D eigenvalue weighted by Crippen LogP contribution is -2.46. The number of hydrogen-bond acceptors (Lipinski definition) is 3. The Morgan fingerprint density at radius 1 is 1.30 bits per heavy atom. The summed E-state index contributed by atoms with van der Waals surface area (Å²) >= 11 is 0. The van der Waals surface area contributed by atoms with Gasteiger partial charge in [0.25, 0.3) is 5.91 Å². The Morgan fingerprint density at radius 3 is 2.95 bits per heavy atom. The molecule has 0 aliphatic carbocycles. The van der Waals surface area contributed by atoms with E-state index in [-0.39, 0.29) is 17.6 Å². The van der Waals surface area contributed by atoms with Crippen LogP contribution in [0.1, 0.15) is 36.0 Å². The summed E-state index contributed by atoms with van der Waals surface area (Å²) in [6.45, 7) is 2.18. The summed E-state index contributed by atoms with van der Waals surface area (Å²) in [6.07, 6.45) is 4.60. The van der Waals surface area contributed by atoms with Crippen molar-refractivity contribution >= 4 is 11.6 Å². The maximum absolute atomic E-state index is 13.4. The lowest BCUT2D eigenvalue weighted by Gasteiger charge is -2.32. The fraction of sp³-hybridized carbons (Fsp3) is 0.533. The number of nitrogens with zero attached hydrogens (tertiary/aromatic N) is 1. The van der Waals surface area contributed by atoms with E-state index in [0.717, 1.165) is 25.9 Å². The van der Waals surface area contributed by atoms with Crippen molar-refractivity contribution in [2.75, 3.05) is 18.8 Å². The van der Waals surface area contributed by atoms with Crippen molar-refractivity contribution in [2.24, 2.45) is 0 Å². The van der Waals surface area contributed by atoms with E-state index in [1.165, 1.54) is 25.0 Å². The van der Waals surface area contributed by atoms with E-state index in [1.54, 1.807) is 6.07 Å². The molecule has 2 heterocycles. The average Bonchev–Trinajstić information content (AvgIpc) is 2.85. The molecule has 3 rings (SSSR count). The molecule has 0 aromatic heterocycles. The van der Waals surface area contributed by atoms with E-state index in [1.807, 2.05) is 0 Å². The molecule has 2 aliphatic heterocycles. The Bertz CT molecular complexity index is 520. The number of fused-ring (bicyclic) bond motifs is 1.